The maximum Gasteiger partial charge on any atom is 0.255 e. The van der Waals surface area contributed by atoms with E-state index in [1.54, 1.807) is 13.8 Å². The van der Waals surface area contributed by atoms with Gasteiger partial charge in [-0.05, 0) is 74.1 Å². The smallest absolute Gasteiger partial charge is 0.255 e. The fourth-order valence-corrected chi connectivity index (χ4v) is 4.36. The van der Waals surface area contributed by atoms with Gasteiger partial charge in [0.25, 0.3) is 11.8 Å². The van der Waals surface area contributed by atoms with Crippen molar-refractivity contribution >= 4 is 52.3 Å². The van der Waals surface area contributed by atoms with Crippen LogP contribution in [0.4, 0.5) is 0 Å². The predicted molar refractivity (Wildman–Crippen MR) is 121 cm³/mol. The molecule has 0 aliphatic heterocycles. The first-order valence-electron chi connectivity index (χ1n) is 9.66. The number of amides is 3. The molecule has 0 aromatic rings. The van der Waals surface area contributed by atoms with E-state index >= 15 is 0 Å². The van der Waals surface area contributed by atoms with Gasteiger partial charge < -0.3 is 15.3 Å². The molecule has 1 aliphatic rings. The normalized spacial score (nSPS) is 17.4. The maximum atomic E-state index is 12.9. The summed E-state index contributed by atoms with van der Waals surface area (Å²) in [6, 6.07) is 0. The van der Waals surface area contributed by atoms with Crippen molar-refractivity contribution in [2.45, 2.75) is 74.6 Å². The first-order chi connectivity index (χ1) is 13.2. The quantitative estimate of drug-likeness (QED) is 0.120. The van der Waals surface area contributed by atoms with Crippen molar-refractivity contribution in [2.75, 3.05) is 13.2 Å². The minimum atomic E-state index is -1.13. The summed E-state index contributed by atoms with van der Waals surface area (Å²) in [6.07, 6.45) is 5.68. The fourth-order valence-electron chi connectivity index (χ4n) is 2.74. The molecule has 0 aromatic heterocycles. The number of aliphatic hydroxyl groups is 1. The molecule has 28 heavy (non-hydrogen) atoms. The molecule has 160 valence electrons. The van der Waals surface area contributed by atoms with E-state index in [0.29, 0.717) is 11.7 Å². The monoisotopic (exact) mass is 525 g/mol. The van der Waals surface area contributed by atoms with Gasteiger partial charge in [0.05, 0.1) is 6.61 Å². The molecular weight excluding hydrogens is 493 g/mol. The lowest BCUT2D eigenvalue weighted by Crippen LogP contribution is -2.59. The predicted octanol–water partition coefficient (Wildman–Crippen LogP) is 2.53. The largest absolute Gasteiger partial charge is 0.395 e. The average Bonchev–Trinajstić information content (AvgIpc) is 3.47. The van der Waals surface area contributed by atoms with Gasteiger partial charge in [0, 0.05) is 18.2 Å². The number of alkyl halides is 1. The van der Waals surface area contributed by atoms with E-state index in [4.69, 9.17) is 0 Å². The molecule has 0 bridgehead atoms. The zero-order chi connectivity index (χ0) is 21.3. The summed E-state index contributed by atoms with van der Waals surface area (Å²) in [5, 5.41) is 12.5. The zero-order valence-electron chi connectivity index (χ0n) is 17.1. The van der Waals surface area contributed by atoms with E-state index in [1.165, 1.54) is 16.8 Å². The first kappa shape index (κ1) is 25.2. The number of carbonyl (C=O) groups is 3. The van der Waals surface area contributed by atoms with Crippen LogP contribution in [-0.2, 0) is 14.4 Å². The molecule has 3 N–H and O–H groups in total. The van der Waals surface area contributed by atoms with E-state index in [2.05, 4.69) is 10.0 Å². The van der Waals surface area contributed by atoms with Crippen molar-refractivity contribution in [3.05, 3.63) is 11.6 Å². The summed E-state index contributed by atoms with van der Waals surface area (Å²) < 4.78 is 2.07. The van der Waals surface area contributed by atoms with Gasteiger partial charge in [-0.2, -0.15) is 0 Å². The molecule has 3 amide bonds. The molecule has 2 atom stereocenters. The van der Waals surface area contributed by atoms with Gasteiger partial charge in [0.1, 0.15) is 5.54 Å². The minimum Gasteiger partial charge on any atom is -0.395 e. The molecule has 1 fully saturated rings. The Morgan fingerprint density at radius 3 is 2.50 bits per heavy atom. The third-order valence-corrected chi connectivity index (χ3v) is 6.73. The second kappa shape index (κ2) is 12.0. The Kier molecular flexibility index (Phi) is 10.8. The summed E-state index contributed by atoms with van der Waals surface area (Å²) in [4.78, 5) is 39.2. The number of rotatable bonds is 12. The molecule has 7 nitrogen and oxygen atoms in total. The lowest BCUT2D eigenvalue weighted by molar-refractivity contribution is -0.139. The maximum absolute atomic E-state index is 12.9. The number of carbonyl (C=O) groups excluding carboxylic acids is 3. The van der Waals surface area contributed by atoms with E-state index in [1.807, 2.05) is 42.5 Å². The van der Waals surface area contributed by atoms with E-state index in [0.717, 1.165) is 24.8 Å². The highest BCUT2D eigenvalue weighted by Crippen LogP contribution is 2.32. The van der Waals surface area contributed by atoms with Crippen LogP contribution < -0.4 is 10.0 Å². The van der Waals surface area contributed by atoms with Crippen LogP contribution in [0.5, 0.6) is 0 Å². The van der Waals surface area contributed by atoms with E-state index in [-0.39, 0.29) is 31.4 Å². The second-order valence-corrected chi connectivity index (χ2v) is 9.49. The number of halogens is 1. The number of aliphatic hydroxyl groups excluding tert-OH is 1. The van der Waals surface area contributed by atoms with Crippen molar-refractivity contribution in [2.24, 2.45) is 0 Å². The van der Waals surface area contributed by atoms with Gasteiger partial charge in [-0.1, -0.05) is 25.5 Å². The summed E-state index contributed by atoms with van der Waals surface area (Å²) in [5.41, 5.74) is -0.114. The molecule has 1 aliphatic carbocycles. The van der Waals surface area contributed by atoms with Crippen LogP contribution in [0.3, 0.4) is 0 Å². The standard InChI is InChI=1S/C19H32IN3O4S/c1-5-7-13(3)12-19(4,18(27)22-28-14-8-9-14)21-17(26)16(20)23(10-11-24)15(25)6-2/h7,14,16,24H,5-6,8-12H2,1-4H3,(H,21,26)(H,22,27)/b13-7-/t16-,19-/m1/s1. The van der Waals surface area contributed by atoms with Gasteiger partial charge in [-0.15, -0.1) is 0 Å². The van der Waals surface area contributed by atoms with Crippen molar-refractivity contribution in [1.82, 2.24) is 14.9 Å². The lowest BCUT2D eigenvalue weighted by atomic mass is 9.92. The highest BCUT2D eigenvalue weighted by atomic mass is 127. The van der Waals surface area contributed by atoms with Crippen LogP contribution in [0, 0.1) is 0 Å². The van der Waals surface area contributed by atoms with Crippen molar-refractivity contribution in [1.29, 1.82) is 0 Å². The molecule has 0 heterocycles. The molecule has 9 heteroatoms. The van der Waals surface area contributed by atoms with Crippen LogP contribution in [-0.4, -0.2) is 55.7 Å². The third kappa shape index (κ3) is 7.90. The van der Waals surface area contributed by atoms with Crippen molar-refractivity contribution in [3.63, 3.8) is 0 Å². The molecule has 0 radical (unpaired) electrons. The van der Waals surface area contributed by atoms with Crippen LogP contribution >= 0.6 is 34.5 Å². The third-order valence-electron chi connectivity index (χ3n) is 4.38. The number of allylic oxidation sites excluding steroid dienone is 1. The summed E-state index contributed by atoms with van der Waals surface area (Å²) >= 11 is 3.28. The number of nitrogens with one attached hydrogen (secondary N) is 2. The number of hydrogen-bond acceptors (Lipinski definition) is 5. The van der Waals surface area contributed by atoms with Crippen molar-refractivity contribution < 1.29 is 19.5 Å². The van der Waals surface area contributed by atoms with Gasteiger partial charge in [0.2, 0.25) is 5.91 Å². The Hall–Kier alpha value is -0.810. The SMILES string of the molecule is CC/C=C(/C)C[C@@](C)(NC(=O)[C@H](I)N(CCO)C(=O)CC)C(=O)NSC1CC1. The Labute approximate surface area is 185 Å². The van der Waals surface area contributed by atoms with Crippen LogP contribution in [0.1, 0.15) is 59.8 Å². The fraction of sp³-hybridized carbons (Fsp3) is 0.737. The van der Waals surface area contributed by atoms with E-state index < -0.39 is 15.5 Å². The van der Waals surface area contributed by atoms with Gasteiger partial charge in [-0.3, -0.25) is 19.1 Å². The van der Waals surface area contributed by atoms with Gasteiger partial charge >= 0.3 is 0 Å². The molecule has 1 saturated carbocycles. The molecule has 1 rings (SSSR count). The zero-order valence-corrected chi connectivity index (χ0v) is 20.1. The average molecular weight is 525 g/mol. The Morgan fingerprint density at radius 1 is 1.36 bits per heavy atom. The number of hydrogen-bond donors (Lipinski definition) is 3. The molecule has 0 saturated heterocycles. The summed E-state index contributed by atoms with van der Waals surface area (Å²) in [5.74, 6) is -0.893. The highest BCUT2D eigenvalue weighted by Gasteiger charge is 2.39. The van der Waals surface area contributed by atoms with Crippen LogP contribution in [0.25, 0.3) is 0 Å². The lowest BCUT2D eigenvalue weighted by Gasteiger charge is -2.33. The van der Waals surface area contributed by atoms with E-state index in [9.17, 15) is 19.5 Å². The number of nitrogens with zero attached hydrogens (tertiary/aromatic N) is 1. The van der Waals surface area contributed by atoms with Crippen LogP contribution in [0.15, 0.2) is 11.6 Å². The Balaban J connectivity index is 2.94. The molecule has 0 spiro atoms. The molecule has 0 aromatic carbocycles. The van der Waals surface area contributed by atoms with Gasteiger partial charge in [-0.25, -0.2) is 0 Å². The second-order valence-electron chi connectivity index (χ2n) is 7.21. The van der Waals surface area contributed by atoms with Crippen molar-refractivity contribution in [3.8, 4) is 0 Å². The Bertz CT molecular complexity index is 598. The van der Waals surface area contributed by atoms with Crippen LogP contribution in [0.2, 0.25) is 0 Å². The summed E-state index contributed by atoms with van der Waals surface area (Å²) in [6.45, 7) is 7.22. The van der Waals surface area contributed by atoms with Gasteiger partial charge in [0.15, 0.2) is 4.05 Å². The Morgan fingerprint density at radius 2 is 2.00 bits per heavy atom. The summed E-state index contributed by atoms with van der Waals surface area (Å²) in [7, 11) is 0. The highest BCUT2D eigenvalue weighted by molar-refractivity contribution is 14.1. The molecule has 0 unspecified atom stereocenters. The minimum absolute atomic E-state index is 0.0723. The first-order valence-corrected chi connectivity index (χ1v) is 11.8. The molecular formula is C19H32IN3O4S. The topological polar surface area (TPSA) is 98.7 Å².